The fraction of sp³-hybridized carbons (Fsp3) is 0.467. The number of allylic oxidation sites excluding steroid dienone is 1. The molecule has 0 saturated carbocycles. The Balaban J connectivity index is 2.22. The molecule has 1 rings (SSSR count). The van der Waals surface area contributed by atoms with Crippen LogP contribution in [0.5, 0.6) is 0 Å². The van der Waals surface area contributed by atoms with Crippen molar-refractivity contribution in [3.05, 3.63) is 47.8 Å². The largest absolute Gasteiger partial charge is 0.312 e. The van der Waals surface area contributed by atoms with Gasteiger partial charge >= 0.3 is 0 Å². The summed E-state index contributed by atoms with van der Waals surface area (Å²) < 4.78 is 12.9. The standard InChI is InChI=1S/C15H22FN/c1-15(2,3)17-11-6-4-5-8-13-9-7-10-14(16)12-13/h4-5,7,9-10,12,17H,6,8,11H2,1-3H3. The van der Waals surface area contributed by atoms with E-state index in [0.717, 1.165) is 24.9 Å². The van der Waals surface area contributed by atoms with Gasteiger partial charge in [0.25, 0.3) is 0 Å². The molecule has 0 aromatic heterocycles. The highest BCUT2D eigenvalue weighted by atomic mass is 19.1. The molecule has 0 unspecified atom stereocenters. The van der Waals surface area contributed by atoms with Crippen molar-refractivity contribution in [1.82, 2.24) is 5.32 Å². The van der Waals surface area contributed by atoms with Crippen LogP contribution in [0, 0.1) is 5.82 Å². The van der Waals surface area contributed by atoms with E-state index in [0.29, 0.717) is 0 Å². The van der Waals surface area contributed by atoms with Crippen molar-refractivity contribution in [1.29, 1.82) is 0 Å². The van der Waals surface area contributed by atoms with Crippen LogP contribution in [0.3, 0.4) is 0 Å². The second-order valence-electron chi connectivity index (χ2n) is 5.27. The first-order valence-corrected chi connectivity index (χ1v) is 6.12. The fourth-order valence-electron chi connectivity index (χ4n) is 1.53. The van der Waals surface area contributed by atoms with Crippen molar-refractivity contribution in [3.63, 3.8) is 0 Å². The lowest BCUT2D eigenvalue weighted by atomic mass is 10.1. The van der Waals surface area contributed by atoms with Crippen molar-refractivity contribution in [2.45, 2.75) is 39.2 Å². The highest BCUT2D eigenvalue weighted by molar-refractivity contribution is 5.18. The van der Waals surface area contributed by atoms with Gasteiger partial charge in [-0.2, -0.15) is 0 Å². The molecule has 0 aliphatic rings. The Morgan fingerprint density at radius 3 is 2.65 bits per heavy atom. The van der Waals surface area contributed by atoms with Crippen molar-refractivity contribution in [2.24, 2.45) is 0 Å². The first kappa shape index (κ1) is 13.9. The highest BCUT2D eigenvalue weighted by Crippen LogP contribution is 2.05. The minimum absolute atomic E-state index is 0.162. The van der Waals surface area contributed by atoms with Crippen LogP contribution >= 0.6 is 0 Å². The van der Waals surface area contributed by atoms with Crippen LogP contribution in [0.25, 0.3) is 0 Å². The minimum atomic E-state index is -0.162. The van der Waals surface area contributed by atoms with Crippen molar-refractivity contribution in [2.75, 3.05) is 6.54 Å². The average molecular weight is 235 g/mol. The molecule has 2 heteroatoms. The smallest absolute Gasteiger partial charge is 0.123 e. The maximum absolute atomic E-state index is 12.9. The second kappa shape index (κ2) is 6.55. The summed E-state index contributed by atoms with van der Waals surface area (Å²) in [5, 5.41) is 3.42. The van der Waals surface area contributed by atoms with E-state index in [-0.39, 0.29) is 11.4 Å². The number of benzene rings is 1. The molecule has 17 heavy (non-hydrogen) atoms. The predicted octanol–water partition coefficient (Wildman–Crippen LogP) is 3.70. The number of nitrogens with one attached hydrogen (secondary N) is 1. The maximum Gasteiger partial charge on any atom is 0.123 e. The molecule has 0 bridgehead atoms. The zero-order chi connectivity index (χ0) is 12.7. The Hall–Kier alpha value is -1.15. The van der Waals surface area contributed by atoms with E-state index in [1.807, 2.05) is 6.07 Å². The molecule has 0 aliphatic heterocycles. The molecule has 94 valence electrons. The Labute approximate surface area is 104 Å². The molecular weight excluding hydrogens is 213 g/mol. The van der Waals surface area contributed by atoms with Crippen LogP contribution in [0.2, 0.25) is 0 Å². The SMILES string of the molecule is CC(C)(C)NCCC=CCc1cccc(F)c1. The molecular formula is C15H22FN. The number of rotatable bonds is 5. The molecule has 0 heterocycles. The van der Waals surface area contributed by atoms with E-state index >= 15 is 0 Å². The van der Waals surface area contributed by atoms with E-state index in [9.17, 15) is 4.39 Å². The fourth-order valence-corrected chi connectivity index (χ4v) is 1.53. The third-order valence-corrected chi connectivity index (χ3v) is 2.38. The predicted molar refractivity (Wildman–Crippen MR) is 71.6 cm³/mol. The van der Waals surface area contributed by atoms with Crippen LogP contribution in [0.4, 0.5) is 4.39 Å². The number of hydrogen-bond acceptors (Lipinski definition) is 1. The van der Waals surface area contributed by atoms with Gasteiger partial charge < -0.3 is 5.32 Å². The van der Waals surface area contributed by atoms with Crippen molar-refractivity contribution < 1.29 is 4.39 Å². The second-order valence-corrected chi connectivity index (χ2v) is 5.27. The number of halogens is 1. The highest BCUT2D eigenvalue weighted by Gasteiger charge is 2.06. The molecule has 0 fully saturated rings. The summed E-state index contributed by atoms with van der Waals surface area (Å²) in [5.74, 6) is -0.162. The monoisotopic (exact) mass is 235 g/mol. The lowest BCUT2D eigenvalue weighted by Crippen LogP contribution is -2.36. The first-order chi connectivity index (χ1) is 7.97. The van der Waals surface area contributed by atoms with Gasteiger partial charge in [0.1, 0.15) is 5.82 Å². The summed E-state index contributed by atoms with van der Waals surface area (Å²) in [5.41, 5.74) is 1.20. The summed E-state index contributed by atoms with van der Waals surface area (Å²) in [4.78, 5) is 0. The Bertz CT molecular complexity index is 363. The summed E-state index contributed by atoms with van der Waals surface area (Å²) in [6.07, 6.45) is 6.04. The molecule has 1 aromatic carbocycles. The Morgan fingerprint density at radius 2 is 2.00 bits per heavy atom. The normalized spacial score (nSPS) is 12.2. The molecule has 0 aliphatic carbocycles. The average Bonchev–Trinajstić information content (AvgIpc) is 2.22. The summed E-state index contributed by atoms with van der Waals surface area (Å²) >= 11 is 0. The van der Waals surface area contributed by atoms with Crippen LogP contribution in [0.1, 0.15) is 32.8 Å². The van der Waals surface area contributed by atoms with Gasteiger partial charge in [-0.05, 0) is 57.9 Å². The zero-order valence-corrected chi connectivity index (χ0v) is 11.0. The lowest BCUT2D eigenvalue weighted by Gasteiger charge is -2.19. The summed E-state index contributed by atoms with van der Waals surface area (Å²) in [6, 6.07) is 6.75. The van der Waals surface area contributed by atoms with Crippen LogP contribution < -0.4 is 5.32 Å². The maximum atomic E-state index is 12.9. The van der Waals surface area contributed by atoms with E-state index in [1.165, 1.54) is 6.07 Å². The minimum Gasteiger partial charge on any atom is -0.312 e. The quantitative estimate of drug-likeness (QED) is 0.606. The van der Waals surface area contributed by atoms with Crippen molar-refractivity contribution in [3.8, 4) is 0 Å². The molecule has 0 amide bonds. The van der Waals surface area contributed by atoms with Gasteiger partial charge in [0.15, 0.2) is 0 Å². The van der Waals surface area contributed by atoms with Gasteiger partial charge in [0, 0.05) is 5.54 Å². The topological polar surface area (TPSA) is 12.0 Å². The summed E-state index contributed by atoms with van der Waals surface area (Å²) in [7, 11) is 0. The molecule has 1 N–H and O–H groups in total. The van der Waals surface area contributed by atoms with E-state index < -0.39 is 0 Å². The van der Waals surface area contributed by atoms with E-state index in [1.54, 1.807) is 12.1 Å². The molecule has 0 atom stereocenters. The summed E-state index contributed by atoms with van der Waals surface area (Å²) in [6.45, 7) is 7.44. The van der Waals surface area contributed by atoms with Gasteiger partial charge in [-0.1, -0.05) is 24.3 Å². The van der Waals surface area contributed by atoms with E-state index in [4.69, 9.17) is 0 Å². The molecule has 1 aromatic rings. The van der Waals surface area contributed by atoms with Gasteiger partial charge in [-0.15, -0.1) is 0 Å². The molecule has 0 spiro atoms. The molecule has 0 radical (unpaired) electrons. The lowest BCUT2D eigenvalue weighted by molar-refractivity contribution is 0.431. The van der Waals surface area contributed by atoms with Crippen LogP contribution in [-0.2, 0) is 6.42 Å². The van der Waals surface area contributed by atoms with Gasteiger partial charge in [0.05, 0.1) is 0 Å². The number of hydrogen-bond donors (Lipinski definition) is 1. The third kappa shape index (κ3) is 6.90. The van der Waals surface area contributed by atoms with Gasteiger partial charge in [0.2, 0.25) is 0 Å². The zero-order valence-electron chi connectivity index (χ0n) is 11.0. The van der Waals surface area contributed by atoms with Crippen LogP contribution in [0.15, 0.2) is 36.4 Å². The van der Waals surface area contributed by atoms with Crippen molar-refractivity contribution >= 4 is 0 Å². The molecule has 0 saturated heterocycles. The van der Waals surface area contributed by atoms with E-state index in [2.05, 4.69) is 38.2 Å². The Morgan fingerprint density at radius 1 is 1.24 bits per heavy atom. The first-order valence-electron chi connectivity index (χ1n) is 6.12. The molecule has 1 nitrogen and oxygen atoms in total. The van der Waals surface area contributed by atoms with Gasteiger partial charge in [-0.25, -0.2) is 4.39 Å². The van der Waals surface area contributed by atoms with Crippen LogP contribution in [-0.4, -0.2) is 12.1 Å². The third-order valence-electron chi connectivity index (χ3n) is 2.38. The Kier molecular flexibility index (Phi) is 5.36. The van der Waals surface area contributed by atoms with Gasteiger partial charge in [-0.3, -0.25) is 0 Å².